The highest BCUT2D eigenvalue weighted by Gasteiger charge is 2.35. The van der Waals surface area contributed by atoms with Gasteiger partial charge in [0.15, 0.2) is 9.84 Å². The second-order valence-electron chi connectivity index (χ2n) is 5.20. The Morgan fingerprint density at radius 3 is 2.56 bits per heavy atom. The molecule has 0 amide bonds. The summed E-state index contributed by atoms with van der Waals surface area (Å²) in [5.74, 6) is 6.70. The summed E-state index contributed by atoms with van der Waals surface area (Å²) in [7, 11) is -2.90. The van der Waals surface area contributed by atoms with Crippen LogP contribution < -0.4 is 11.3 Å². The Morgan fingerprint density at radius 2 is 2.00 bits per heavy atom. The molecule has 1 heterocycles. The van der Waals surface area contributed by atoms with Crippen LogP contribution in [0, 0.1) is 5.92 Å². The van der Waals surface area contributed by atoms with E-state index in [9.17, 15) is 8.42 Å². The summed E-state index contributed by atoms with van der Waals surface area (Å²) >= 11 is 0. The molecule has 2 unspecified atom stereocenters. The normalized spacial score (nSPS) is 31.2. The predicted octanol–water partition coefficient (Wildman–Crippen LogP) is 0.976. The first-order valence-electron chi connectivity index (χ1n) is 6.31. The van der Waals surface area contributed by atoms with Gasteiger partial charge in [-0.1, -0.05) is 19.3 Å². The van der Waals surface area contributed by atoms with Gasteiger partial charge in [0.1, 0.15) is 0 Å². The Hall–Kier alpha value is -0.130. The fourth-order valence-electron chi connectivity index (χ4n) is 2.63. The highest BCUT2D eigenvalue weighted by atomic mass is 32.2. The molecule has 1 aliphatic carbocycles. The smallest absolute Gasteiger partial charge is 0.154 e. The molecule has 0 radical (unpaired) electrons. The van der Waals surface area contributed by atoms with Gasteiger partial charge in [-0.25, -0.2) is 8.42 Å². The van der Waals surface area contributed by atoms with Gasteiger partial charge in [0.05, 0.1) is 11.0 Å². The lowest BCUT2D eigenvalue weighted by Gasteiger charge is -2.29. The molecule has 1 saturated carbocycles. The first-order chi connectivity index (χ1) is 7.63. The molecule has 2 fully saturated rings. The van der Waals surface area contributed by atoms with E-state index in [4.69, 9.17) is 5.84 Å². The highest BCUT2D eigenvalue weighted by molar-refractivity contribution is 7.92. The quantitative estimate of drug-likeness (QED) is 0.560. The maximum absolute atomic E-state index is 11.9. The van der Waals surface area contributed by atoms with Crippen molar-refractivity contribution >= 4 is 9.84 Å². The third kappa shape index (κ3) is 2.96. The van der Waals surface area contributed by atoms with Gasteiger partial charge in [-0.3, -0.25) is 11.3 Å². The molecule has 0 aromatic carbocycles. The Morgan fingerprint density at radius 1 is 1.25 bits per heavy atom. The molecule has 0 aromatic rings. The summed E-state index contributed by atoms with van der Waals surface area (Å²) in [5.41, 5.74) is 2.73. The molecule has 0 bridgehead atoms. The zero-order valence-electron chi connectivity index (χ0n) is 9.69. The fourth-order valence-corrected chi connectivity index (χ4v) is 4.78. The molecule has 16 heavy (non-hydrogen) atoms. The largest absolute Gasteiger partial charge is 0.271 e. The van der Waals surface area contributed by atoms with Gasteiger partial charge in [-0.2, -0.15) is 0 Å². The monoisotopic (exact) mass is 246 g/mol. The van der Waals surface area contributed by atoms with Crippen LogP contribution in [0.5, 0.6) is 0 Å². The Bertz CT molecular complexity index is 325. The number of nitrogens with one attached hydrogen (secondary N) is 1. The highest BCUT2D eigenvalue weighted by Crippen LogP contribution is 2.35. The van der Waals surface area contributed by atoms with E-state index in [1.54, 1.807) is 0 Å². The number of hydrogen-bond donors (Lipinski definition) is 2. The van der Waals surface area contributed by atoms with Crippen LogP contribution in [0.3, 0.4) is 0 Å². The molecule has 1 aliphatic heterocycles. The summed E-state index contributed by atoms with van der Waals surface area (Å²) in [6.07, 6.45) is 7.28. The van der Waals surface area contributed by atoms with Crippen molar-refractivity contribution in [3.05, 3.63) is 0 Å². The molecular formula is C11H22N2O2S. The molecule has 2 aliphatic rings. The number of sulfone groups is 1. The van der Waals surface area contributed by atoms with Crippen molar-refractivity contribution in [3.63, 3.8) is 0 Å². The van der Waals surface area contributed by atoms with E-state index >= 15 is 0 Å². The summed E-state index contributed by atoms with van der Waals surface area (Å²) < 4.78 is 23.9. The summed E-state index contributed by atoms with van der Waals surface area (Å²) in [6.45, 7) is 0. The molecule has 2 rings (SSSR count). The maximum Gasteiger partial charge on any atom is 0.154 e. The Balaban J connectivity index is 1.94. The van der Waals surface area contributed by atoms with E-state index in [2.05, 4.69) is 5.43 Å². The molecule has 2 atom stereocenters. The number of nitrogens with two attached hydrogens (primary N) is 1. The first kappa shape index (κ1) is 12.3. The molecule has 94 valence electrons. The predicted molar refractivity (Wildman–Crippen MR) is 64.5 cm³/mol. The first-order valence-corrected chi connectivity index (χ1v) is 8.03. The van der Waals surface area contributed by atoms with Crippen molar-refractivity contribution in [2.45, 2.75) is 56.2 Å². The summed E-state index contributed by atoms with van der Waals surface area (Å²) in [6, 6.07) is -0.0362. The van der Waals surface area contributed by atoms with Gasteiger partial charge in [0.2, 0.25) is 0 Å². The third-order valence-corrected chi connectivity index (χ3v) is 6.22. The average Bonchev–Trinajstić information content (AvgIpc) is 3.04. The van der Waals surface area contributed by atoms with E-state index in [-0.39, 0.29) is 11.3 Å². The van der Waals surface area contributed by atoms with Crippen LogP contribution in [0.2, 0.25) is 0 Å². The average molecular weight is 246 g/mol. The van der Waals surface area contributed by atoms with E-state index in [1.165, 1.54) is 12.8 Å². The second-order valence-corrected chi connectivity index (χ2v) is 7.53. The lowest BCUT2D eigenvalue weighted by Crippen LogP contribution is -2.49. The van der Waals surface area contributed by atoms with Gasteiger partial charge in [0.25, 0.3) is 0 Å². The lowest BCUT2D eigenvalue weighted by atomic mass is 10.0. The van der Waals surface area contributed by atoms with Gasteiger partial charge in [-0.05, 0) is 31.6 Å². The molecular weight excluding hydrogens is 224 g/mol. The Kier molecular flexibility index (Phi) is 3.87. The van der Waals surface area contributed by atoms with Crippen LogP contribution in [0.15, 0.2) is 0 Å². The van der Waals surface area contributed by atoms with E-state index in [1.807, 2.05) is 0 Å². The zero-order valence-corrected chi connectivity index (χ0v) is 10.5. The van der Waals surface area contributed by atoms with Crippen molar-refractivity contribution in [1.29, 1.82) is 0 Å². The van der Waals surface area contributed by atoms with Gasteiger partial charge in [0, 0.05) is 6.04 Å². The van der Waals surface area contributed by atoms with Crippen molar-refractivity contribution in [2.24, 2.45) is 11.8 Å². The molecule has 1 saturated heterocycles. The summed E-state index contributed by atoms with van der Waals surface area (Å²) in [4.78, 5) is 0. The number of rotatable bonds is 5. The summed E-state index contributed by atoms with van der Waals surface area (Å²) in [5, 5.41) is -0.245. The topological polar surface area (TPSA) is 72.2 Å². The molecule has 0 spiro atoms. The van der Waals surface area contributed by atoms with E-state index in [0.717, 1.165) is 38.0 Å². The molecule has 3 N–H and O–H groups in total. The minimum Gasteiger partial charge on any atom is -0.271 e. The minimum atomic E-state index is -2.90. The fraction of sp³-hybridized carbons (Fsp3) is 1.00. The third-order valence-electron chi connectivity index (χ3n) is 3.87. The van der Waals surface area contributed by atoms with Gasteiger partial charge >= 0.3 is 0 Å². The van der Waals surface area contributed by atoms with E-state index < -0.39 is 9.84 Å². The van der Waals surface area contributed by atoms with Crippen molar-refractivity contribution in [1.82, 2.24) is 5.43 Å². The molecule has 4 nitrogen and oxygen atoms in total. The zero-order chi connectivity index (χ0) is 11.6. The van der Waals surface area contributed by atoms with Crippen molar-refractivity contribution in [2.75, 3.05) is 5.75 Å². The molecule has 5 heteroatoms. The van der Waals surface area contributed by atoms with E-state index in [0.29, 0.717) is 5.75 Å². The van der Waals surface area contributed by atoms with Crippen LogP contribution in [0.4, 0.5) is 0 Å². The molecule has 0 aromatic heterocycles. The standard InChI is InChI=1S/C11H22N2O2S/c12-13-10(7-6-9-4-5-9)11-3-1-2-8-16(11,14)15/h9-11,13H,1-8,12H2. The van der Waals surface area contributed by atoms with Crippen molar-refractivity contribution in [3.8, 4) is 0 Å². The number of hydrazine groups is 1. The maximum atomic E-state index is 11.9. The SMILES string of the molecule is NNC(CCC1CC1)C1CCCCS1(=O)=O. The van der Waals surface area contributed by atoms with Crippen LogP contribution in [-0.4, -0.2) is 25.5 Å². The number of hydrogen-bond acceptors (Lipinski definition) is 4. The minimum absolute atomic E-state index is 0.0362. The van der Waals surface area contributed by atoms with Crippen molar-refractivity contribution < 1.29 is 8.42 Å². The van der Waals surface area contributed by atoms with Crippen LogP contribution >= 0.6 is 0 Å². The lowest BCUT2D eigenvalue weighted by molar-refractivity contribution is 0.408. The van der Waals surface area contributed by atoms with Crippen LogP contribution in [-0.2, 0) is 9.84 Å². The van der Waals surface area contributed by atoms with Crippen LogP contribution in [0.1, 0.15) is 44.9 Å². The van der Waals surface area contributed by atoms with Gasteiger partial charge < -0.3 is 0 Å². The Labute approximate surface area is 97.9 Å². The second kappa shape index (κ2) is 5.02. The van der Waals surface area contributed by atoms with Gasteiger partial charge in [-0.15, -0.1) is 0 Å². The van der Waals surface area contributed by atoms with Crippen LogP contribution in [0.25, 0.3) is 0 Å².